The molecular weight excluding hydrogens is 196 g/mol. The van der Waals surface area contributed by atoms with Crippen LogP contribution in [-0.4, -0.2) is 4.98 Å². The minimum atomic E-state index is -2.79. The van der Waals surface area contributed by atoms with Crippen LogP contribution >= 0.6 is 0 Å². The summed E-state index contributed by atoms with van der Waals surface area (Å²) in [6.45, 7) is 4.93. The SMILES string of the molecule is CCCc1ncc(C(C)(F)F)cc1CC. The smallest absolute Gasteiger partial charge is 0.261 e. The number of halogens is 2. The first-order valence-electron chi connectivity index (χ1n) is 5.35. The highest BCUT2D eigenvalue weighted by Crippen LogP contribution is 2.27. The molecule has 0 N–H and O–H groups in total. The molecule has 1 heterocycles. The summed E-state index contributed by atoms with van der Waals surface area (Å²) in [6.07, 6.45) is 3.90. The van der Waals surface area contributed by atoms with E-state index in [1.165, 1.54) is 6.20 Å². The molecule has 1 aromatic heterocycles. The number of pyridine rings is 1. The molecule has 0 fully saturated rings. The molecule has 3 heteroatoms. The third-order valence-corrected chi connectivity index (χ3v) is 2.43. The zero-order valence-corrected chi connectivity index (χ0v) is 9.48. The highest BCUT2D eigenvalue weighted by Gasteiger charge is 2.25. The van der Waals surface area contributed by atoms with Crippen LogP contribution in [-0.2, 0) is 18.8 Å². The van der Waals surface area contributed by atoms with Gasteiger partial charge in [-0.1, -0.05) is 20.3 Å². The van der Waals surface area contributed by atoms with Crippen molar-refractivity contribution in [2.45, 2.75) is 46.0 Å². The van der Waals surface area contributed by atoms with Gasteiger partial charge in [-0.3, -0.25) is 4.98 Å². The molecule has 0 aliphatic heterocycles. The van der Waals surface area contributed by atoms with E-state index >= 15 is 0 Å². The van der Waals surface area contributed by atoms with Crippen LogP contribution in [0.15, 0.2) is 12.3 Å². The van der Waals surface area contributed by atoms with Gasteiger partial charge < -0.3 is 0 Å². The van der Waals surface area contributed by atoms with Crippen LogP contribution < -0.4 is 0 Å². The summed E-state index contributed by atoms with van der Waals surface area (Å²) in [7, 11) is 0. The summed E-state index contributed by atoms with van der Waals surface area (Å²) >= 11 is 0. The van der Waals surface area contributed by atoms with Crippen LogP contribution in [0, 0.1) is 0 Å². The summed E-state index contributed by atoms with van der Waals surface area (Å²) < 4.78 is 26.1. The first-order valence-corrected chi connectivity index (χ1v) is 5.35. The Labute approximate surface area is 89.5 Å². The lowest BCUT2D eigenvalue weighted by Crippen LogP contribution is -2.10. The van der Waals surface area contributed by atoms with Gasteiger partial charge in [0.05, 0.1) is 0 Å². The fourth-order valence-electron chi connectivity index (χ4n) is 1.55. The number of aryl methyl sites for hydroxylation is 2. The number of aromatic nitrogens is 1. The van der Waals surface area contributed by atoms with E-state index < -0.39 is 5.92 Å². The van der Waals surface area contributed by atoms with Gasteiger partial charge in [0.2, 0.25) is 0 Å². The van der Waals surface area contributed by atoms with E-state index in [1.807, 2.05) is 6.92 Å². The van der Waals surface area contributed by atoms with E-state index in [4.69, 9.17) is 0 Å². The van der Waals surface area contributed by atoms with Gasteiger partial charge in [-0.25, -0.2) is 8.78 Å². The fraction of sp³-hybridized carbons (Fsp3) is 0.583. The van der Waals surface area contributed by atoms with Crippen LogP contribution in [0.4, 0.5) is 8.78 Å². The minimum Gasteiger partial charge on any atom is -0.261 e. The zero-order valence-electron chi connectivity index (χ0n) is 9.48. The molecule has 0 saturated carbocycles. The summed E-state index contributed by atoms with van der Waals surface area (Å²) in [5, 5.41) is 0. The van der Waals surface area contributed by atoms with E-state index in [9.17, 15) is 8.78 Å². The van der Waals surface area contributed by atoms with Gasteiger partial charge in [0.25, 0.3) is 5.92 Å². The Morgan fingerprint density at radius 3 is 2.47 bits per heavy atom. The standard InChI is InChI=1S/C12H17F2N/c1-4-6-11-9(5-2)7-10(8-15-11)12(3,13)14/h7-8H,4-6H2,1-3H3. The summed E-state index contributed by atoms with van der Waals surface area (Å²) in [6, 6.07) is 1.58. The van der Waals surface area contributed by atoms with Crippen molar-refractivity contribution in [2.75, 3.05) is 0 Å². The van der Waals surface area contributed by atoms with Gasteiger partial charge in [0, 0.05) is 24.4 Å². The molecule has 15 heavy (non-hydrogen) atoms. The molecule has 0 aromatic carbocycles. The largest absolute Gasteiger partial charge is 0.272 e. The Hall–Kier alpha value is -0.990. The van der Waals surface area contributed by atoms with Crippen LogP contribution in [0.1, 0.15) is 44.0 Å². The monoisotopic (exact) mass is 213 g/mol. The van der Waals surface area contributed by atoms with Gasteiger partial charge in [-0.15, -0.1) is 0 Å². The fourth-order valence-corrected chi connectivity index (χ4v) is 1.55. The molecule has 1 nitrogen and oxygen atoms in total. The summed E-state index contributed by atoms with van der Waals surface area (Å²) in [4.78, 5) is 4.13. The van der Waals surface area contributed by atoms with Gasteiger partial charge >= 0.3 is 0 Å². The van der Waals surface area contributed by atoms with E-state index in [-0.39, 0.29) is 5.56 Å². The quantitative estimate of drug-likeness (QED) is 0.743. The number of hydrogen-bond donors (Lipinski definition) is 0. The summed E-state index contributed by atoms with van der Waals surface area (Å²) in [5.41, 5.74) is 1.91. The Bertz CT molecular complexity index is 329. The Balaban J connectivity index is 3.08. The van der Waals surface area contributed by atoms with E-state index in [0.29, 0.717) is 0 Å². The van der Waals surface area contributed by atoms with Crippen molar-refractivity contribution in [3.63, 3.8) is 0 Å². The van der Waals surface area contributed by atoms with E-state index in [2.05, 4.69) is 11.9 Å². The lowest BCUT2D eigenvalue weighted by Gasteiger charge is -2.13. The number of alkyl halides is 2. The average Bonchev–Trinajstić information content (AvgIpc) is 2.17. The first kappa shape index (κ1) is 12.1. The highest BCUT2D eigenvalue weighted by molar-refractivity contribution is 5.27. The number of hydrogen-bond acceptors (Lipinski definition) is 1. The molecular formula is C12H17F2N. The lowest BCUT2D eigenvalue weighted by atomic mass is 10.0. The maximum atomic E-state index is 13.0. The Morgan fingerprint density at radius 2 is 2.00 bits per heavy atom. The van der Waals surface area contributed by atoms with Crippen molar-refractivity contribution in [3.05, 3.63) is 29.1 Å². The van der Waals surface area contributed by atoms with E-state index in [0.717, 1.165) is 37.4 Å². The molecule has 0 spiro atoms. The van der Waals surface area contributed by atoms with Crippen molar-refractivity contribution >= 4 is 0 Å². The molecule has 84 valence electrons. The molecule has 0 radical (unpaired) electrons. The number of nitrogens with zero attached hydrogens (tertiary/aromatic N) is 1. The molecule has 0 amide bonds. The molecule has 0 aliphatic rings. The van der Waals surface area contributed by atoms with Crippen molar-refractivity contribution in [1.29, 1.82) is 0 Å². The van der Waals surface area contributed by atoms with Crippen molar-refractivity contribution < 1.29 is 8.78 Å². The number of rotatable bonds is 4. The topological polar surface area (TPSA) is 12.9 Å². The van der Waals surface area contributed by atoms with Crippen LogP contribution in [0.2, 0.25) is 0 Å². The molecule has 1 aromatic rings. The third-order valence-electron chi connectivity index (χ3n) is 2.43. The minimum absolute atomic E-state index is 0.0132. The van der Waals surface area contributed by atoms with Crippen molar-refractivity contribution in [2.24, 2.45) is 0 Å². The normalized spacial score (nSPS) is 11.8. The van der Waals surface area contributed by atoms with Crippen molar-refractivity contribution in [3.8, 4) is 0 Å². The molecule has 0 bridgehead atoms. The molecule has 0 atom stereocenters. The Kier molecular flexibility index (Phi) is 3.77. The second-order valence-corrected chi connectivity index (χ2v) is 3.82. The first-order chi connectivity index (χ1) is 6.99. The lowest BCUT2D eigenvalue weighted by molar-refractivity contribution is 0.0170. The second kappa shape index (κ2) is 4.69. The molecule has 1 rings (SSSR count). The van der Waals surface area contributed by atoms with Crippen molar-refractivity contribution in [1.82, 2.24) is 4.98 Å². The maximum Gasteiger partial charge on any atom is 0.272 e. The predicted molar refractivity (Wildman–Crippen MR) is 57.2 cm³/mol. The molecule has 0 saturated heterocycles. The van der Waals surface area contributed by atoms with Gasteiger partial charge in [-0.2, -0.15) is 0 Å². The average molecular weight is 213 g/mol. The van der Waals surface area contributed by atoms with Crippen LogP contribution in [0.3, 0.4) is 0 Å². The Morgan fingerprint density at radius 1 is 1.33 bits per heavy atom. The zero-order chi connectivity index (χ0) is 11.5. The van der Waals surface area contributed by atoms with Crippen LogP contribution in [0.25, 0.3) is 0 Å². The second-order valence-electron chi connectivity index (χ2n) is 3.82. The summed E-state index contributed by atoms with van der Waals surface area (Å²) in [5.74, 6) is -2.79. The van der Waals surface area contributed by atoms with Gasteiger partial charge in [0.15, 0.2) is 0 Å². The third kappa shape index (κ3) is 2.98. The molecule has 0 aliphatic carbocycles. The van der Waals surface area contributed by atoms with Gasteiger partial charge in [0.1, 0.15) is 0 Å². The van der Waals surface area contributed by atoms with E-state index in [1.54, 1.807) is 6.07 Å². The van der Waals surface area contributed by atoms with Gasteiger partial charge in [-0.05, 0) is 24.5 Å². The van der Waals surface area contributed by atoms with Crippen LogP contribution in [0.5, 0.6) is 0 Å². The molecule has 0 unspecified atom stereocenters. The highest BCUT2D eigenvalue weighted by atomic mass is 19.3. The maximum absolute atomic E-state index is 13.0. The predicted octanol–water partition coefficient (Wildman–Crippen LogP) is 3.71.